The zero-order valence-electron chi connectivity index (χ0n) is 11.9. The average Bonchev–Trinajstić information content (AvgIpc) is 2.55. The topological polar surface area (TPSA) is 65.5 Å². The monoisotopic (exact) mass is 303 g/mol. The SMILES string of the molecule is COC(=O)C(=O)Cc1ccc(OCc2ccc(F)cc2)cn1. The summed E-state index contributed by atoms with van der Waals surface area (Å²) in [5.74, 6) is -1.34. The number of pyridine rings is 1. The largest absolute Gasteiger partial charge is 0.487 e. The lowest BCUT2D eigenvalue weighted by atomic mass is 10.2. The fraction of sp³-hybridized carbons (Fsp3) is 0.188. The van der Waals surface area contributed by atoms with Crippen molar-refractivity contribution in [3.8, 4) is 5.75 Å². The van der Waals surface area contributed by atoms with E-state index in [9.17, 15) is 14.0 Å². The maximum Gasteiger partial charge on any atom is 0.374 e. The molecule has 1 heterocycles. The summed E-state index contributed by atoms with van der Waals surface area (Å²) in [5, 5.41) is 0. The number of halogens is 1. The second-order valence-electron chi connectivity index (χ2n) is 4.49. The molecule has 0 bridgehead atoms. The Morgan fingerprint density at radius 2 is 1.86 bits per heavy atom. The standard InChI is InChI=1S/C16H14FNO4/c1-21-16(20)15(19)8-13-6-7-14(9-18-13)22-10-11-2-4-12(17)5-3-11/h2-7,9H,8,10H2,1H3. The first kappa shape index (κ1) is 15.6. The normalized spacial score (nSPS) is 10.1. The van der Waals surface area contributed by atoms with Gasteiger partial charge in [0.05, 0.1) is 19.7 Å². The van der Waals surface area contributed by atoms with E-state index in [2.05, 4.69) is 9.72 Å². The van der Waals surface area contributed by atoms with Crippen molar-refractivity contribution in [2.24, 2.45) is 0 Å². The minimum Gasteiger partial charge on any atom is -0.487 e. The molecule has 0 fully saturated rings. The Labute approximate surface area is 126 Å². The van der Waals surface area contributed by atoms with Crippen molar-refractivity contribution in [1.29, 1.82) is 0 Å². The summed E-state index contributed by atoms with van der Waals surface area (Å²) in [7, 11) is 1.15. The number of carbonyl (C=O) groups is 2. The summed E-state index contributed by atoms with van der Waals surface area (Å²) in [6.07, 6.45) is 1.34. The number of rotatable bonds is 6. The lowest BCUT2D eigenvalue weighted by Gasteiger charge is -2.06. The second-order valence-corrected chi connectivity index (χ2v) is 4.49. The van der Waals surface area contributed by atoms with Crippen molar-refractivity contribution in [1.82, 2.24) is 4.98 Å². The van der Waals surface area contributed by atoms with Gasteiger partial charge in [-0.15, -0.1) is 0 Å². The van der Waals surface area contributed by atoms with E-state index in [4.69, 9.17) is 4.74 Å². The number of methoxy groups -OCH3 is 1. The van der Waals surface area contributed by atoms with Gasteiger partial charge in [-0.05, 0) is 29.8 Å². The molecular weight excluding hydrogens is 289 g/mol. The molecule has 0 atom stereocenters. The molecule has 0 amide bonds. The van der Waals surface area contributed by atoms with Crippen LogP contribution in [0.5, 0.6) is 5.75 Å². The summed E-state index contributed by atoms with van der Waals surface area (Å²) >= 11 is 0. The number of carbonyl (C=O) groups excluding carboxylic acids is 2. The molecule has 0 saturated heterocycles. The maximum absolute atomic E-state index is 12.8. The van der Waals surface area contributed by atoms with Gasteiger partial charge in [0.15, 0.2) is 0 Å². The summed E-state index contributed by atoms with van der Waals surface area (Å²) in [6.45, 7) is 0.280. The van der Waals surface area contributed by atoms with Crippen molar-refractivity contribution in [3.05, 3.63) is 59.7 Å². The van der Waals surface area contributed by atoms with Crippen molar-refractivity contribution in [3.63, 3.8) is 0 Å². The van der Waals surface area contributed by atoms with Gasteiger partial charge in [0.2, 0.25) is 5.78 Å². The van der Waals surface area contributed by atoms with Crippen molar-refractivity contribution < 1.29 is 23.5 Å². The van der Waals surface area contributed by atoms with E-state index >= 15 is 0 Å². The fourth-order valence-corrected chi connectivity index (χ4v) is 1.70. The highest BCUT2D eigenvalue weighted by molar-refractivity contribution is 6.33. The summed E-state index contributed by atoms with van der Waals surface area (Å²) in [6, 6.07) is 9.23. The van der Waals surface area contributed by atoms with E-state index in [0.29, 0.717) is 11.4 Å². The second kappa shape index (κ2) is 7.31. The van der Waals surface area contributed by atoms with Gasteiger partial charge in [0.25, 0.3) is 0 Å². The van der Waals surface area contributed by atoms with E-state index in [-0.39, 0.29) is 18.8 Å². The third-order valence-electron chi connectivity index (χ3n) is 2.87. The van der Waals surface area contributed by atoms with Crippen LogP contribution in [-0.4, -0.2) is 23.8 Å². The summed E-state index contributed by atoms with van der Waals surface area (Å²) in [5.41, 5.74) is 1.27. The van der Waals surface area contributed by atoms with Crippen LogP contribution in [0.25, 0.3) is 0 Å². The Morgan fingerprint density at radius 3 is 2.45 bits per heavy atom. The Bertz CT molecular complexity index is 653. The number of ether oxygens (including phenoxy) is 2. The highest BCUT2D eigenvalue weighted by Crippen LogP contribution is 2.13. The quantitative estimate of drug-likeness (QED) is 0.604. The van der Waals surface area contributed by atoms with E-state index in [0.717, 1.165) is 12.7 Å². The van der Waals surface area contributed by atoms with Gasteiger partial charge in [-0.25, -0.2) is 9.18 Å². The Morgan fingerprint density at radius 1 is 1.14 bits per heavy atom. The predicted molar refractivity (Wildman–Crippen MR) is 75.7 cm³/mol. The molecule has 0 aliphatic rings. The minimum absolute atomic E-state index is 0.120. The highest BCUT2D eigenvalue weighted by Gasteiger charge is 2.15. The molecule has 5 nitrogen and oxygen atoms in total. The van der Waals surface area contributed by atoms with Gasteiger partial charge in [-0.3, -0.25) is 9.78 Å². The van der Waals surface area contributed by atoms with Crippen molar-refractivity contribution in [2.75, 3.05) is 7.11 Å². The van der Waals surface area contributed by atoms with Gasteiger partial charge in [0, 0.05) is 5.69 Å². The van der Waals surface area contributed by atoms with Crippen LogP contribution in [0.15, 0.2) is 42.6 Å². The van der Waals surface area contributed by atoms with Crippen LogP contribution in [0.1, 0.15) is 11.3 Å². The minimum atomic E-state index is -0.890. The Hall–Kier alpha value is -2.76. The first-order valence-corrected chi connectivity index (χ1v) is 6.52. The number of ketones is 1. The van der Waals surface area contributed by atoms with Gasteiger partial charge in [0.1, 0.15) is 18.2 Å². The van der Waals surface area contributed by atoms with Crippen LogP contribution in [0.3, 0.4) is 0 Å². The molecule has 114 valence electrons. The molecule has 0 saturated carbocycles. The summed E-state index contributed by atoms with van der Waals surface area (Å²) in [4.78, 5) is 26.5. The molecular formula is C16H14FNO4. The van der Waals surface area contributed by atoms with Crippen LogP contribution >= 0.6 is 0 Å². The molecule has 6 heteroatoms. The smallest absolute Gasteiger partial charge is 0.374 e. The molecule has 2 rings (SSSR count). The van der Waals surface area contributed by atoms with E-state index in [1.807, 2.05) is 0 Å². The first-order chi connectivity index (χ1) is 10.6. The number of aromatic nitrogens is 1. The number of benzene rings is 1. The molecule has 0 aliphatic carbocycles. The number of esters is 1. The molecule has 0 N–H and O–H groups in total. The lowest BCUT2D eigenvalue weighted by Crippen LogP contribution is -2.18. The van der Waals surface area contributed by atoms with Crippen LogP contribution in [0, 0.1) is 5.82 Å². The van der Waals surface area contributed by atoms with Gasteiger partial charge in [-0.1, -0.05) is 12.1 Å². The number of hydrogen-bond acceptors (Lipinski definition) is 5. The van der Waals surface area contributed by atoms with Crippen LogP contribution in [0.4, 0.5) is 4.39 Å². The predicted octanol–water partition coefficient (Wildman–Crippen LogP) is 2.08. The third kappa shape index (κ3) is 4.37. The third-order valence-corrected chi connectivity index (χ3v) is 2.87. The molecule has 1 aromatic heterocycles. The molecule has 0 radical (unpaired) electrons. The number of nitrogens with zero attached hydrogens (tertiary/aromatic N) is 1. The average molecular weight is 303 g/mol. The van der Waals surface area contributed by atoms with E-state index in [1.54, 1.807) is 24.3 Å². The van der Waals surface area contributed by atoms with Gasteiger partial charge < -0.3 is 9.47 Å². The van der Waals surface area contributed by atoms with Crippen LogP contribution in [-0.2, 0) is 27.4 Å². The zero-order chi connectivity index (χ0) is 15.9. The molecule has 0 aliphatic heterocycles. The van der Waals surface area contributed by atoms with E-state index < -0.39 is 11.8 Å². The fourth-order valence-electron chi connectivity index (χ4n) is 1.70. The molecule has 22 heavy (non-hydrogen) atoms. The lowest BCUT2D eigenvalue weighted by molar-refractivity contribution is -0.151. The molecule has 2 aromatic rings. The van der Waals surface area contributed by atoms with Crippen molar-refractivity contribution in [2.45, 2.75) is 13.0 Å². The summed E-state index contributed by atoms with van der Waals surface area (Å²) < 4.78 is 22.6. The molecule has 1 aromatic carbocycles. The van der Waals surface area contributed by atoms with Crippen molar-refractivity contribution >= 4 is 11.8 Å². The molecule has 0 unspecified atom stereocenters. The molecule has 0 spiro atoms. The zero-order valence-corrected chi connectivity index (χ0v) is 11.9. The number of Topliss-reactive ketones (excluding diaryl/α,β-unsaturated/α-hetero) is 1. The Balaban J connectivity index is 1.90. The maximum atomic E-state index is 12.8. The van der Waals surface area contributed by atoms with Gasteiger partial charge >= 0.3 is 5.97 Å². The number of hydrogen-bond donors (Lipinski definition) is 0. The van der Waals surface area contributed by atoms with Crippen LogP contribution in [0.2, 0.25) is 0 Å². The Kier molecular flexibility index (Phi) is 5.19. The van der Waals surface area contributed by atoms with Gasteiger partial charge in [-0.2, -0.15) is 0 Å². The van der Waals surface area contributed by atoms with E-state index in [1.165, 1.54) is 18.3 Å². The highest BCUT2D eigenvalue weighted by atomic mass is 19.1. The van der Waals surface area contributed by atoms with Crippen LogP contribution < -0.4 is 4.74 Å². The first-order valence-electron chi connectivity index (χ1n) is 6.52.